The Balaban J connectivity index is 2.54. The molecule has 1 aliphatic rings. The predicted molar refractivity (Wildman–Crippen MR) is 68.0 cm³/mol. The van der Waals surface area contributed by atoms with Gasteiger partial charge in [0.05, 0.1) is 0 Å². The molecule has 0 bridgehead atoms. The molecule has 1 rings (SSSR count). The average molecular weight is 257 g/mol. The molecule has 0 saturated carbocycles. The molecule has 1 aliphatic heterocycles. The molecular weight excluding hydrogens is 234 g/mol. The Morgan fingerprint density at radius 2 is 2.11 bits per heavy atom. The van der Waals surface area contributed by atoms with Crippen LogP contribution in [0.3, 0.4) is 0 Å². The summed E-state index contributed by atoms with van der Waals surface area (Å²) in [4.78, 5) is 27.2. The number of aliphatic hydroxyl groups is 1. The Bertz CT molecular complexity index is 276. The van der Waals surface area contributed by atoms with Crippen LogP contribution in [0.5, 0.6) is 0 Å². The highest BCUT2D eigenvalue weighted by Gasteiger charge is 2.26. The Morgan fingerprint density at radius 1 is 1.33 bits per heavy atom. The number of nitrogens with zero attached hydrogens (tertiary/aromatic N) is 2. The molecule has 1 heterocycles. The fourth-order valence-corrected chi connectivity index (χ4v) is 1.98. The van der Waals surface area contributed by atoms with Gasteiger partial charge in [-0.2, -0.15) is 0 Å². The summed E-state index contributed by atoms with van der Waals surface area (Å²) in [7, 11) is 0. The largest absolute Gasteiger partial charge is 0.396 e. The van der Waals surface area contributed by atoms with Gasteiger partial charge in [-0.15, -0.1) is 0 Å². The van der Waals surface area contributed by atoms with Crippen LogP contribution >= 0.6 is 0 Å². The smallest absolute Gasteiger partial charge is 0.312 e. The summed E-state index contributed by atoms with van der Waals surface area (Å²) in [6, 6.07) is 0. The van der Waals surface area contributed by atoms with E-state index in [1.54, 1.807) is 4.90 Å². The van der Waals surface area contributed by atoms with Gasteiger partial charge in [0, 0.05) is 39.3 Å². The van der Waals surface area contributed by atoms with Crippen LogP contribution in [-0.2, 0) is 9.59 Å². The third kappa shape index (κ3) is 4.27. The van der Waals surface area contributed by atoms with Gasteiger partial charge in [0.2, 0.25) is 0 Å². The van der Waals surface area contributed by atoms with Gasteiger partial charge in [-0.25, -0.2) is 0 Å². The molecule has 2 amide bonds. The number of nitrogens with one attached hydrogen (secondary N) is 1. The lowest BCUT2D eigenvalue weighted by atomic mass is 10.3. The summed E-state index contributed by atoms with van der Waals surface area (Å²) >= 11 is 0. The number of hydrogen-bond acceptors (Lipinski definition) is 4. The number of likely N-dealkylation sites (N-methyl/N-ethyl adjacent to an activating group) is 1. The van der Waals surface area contributed by atoms with Crippen molar-refractivity contribution in [1.82, 2.24) is 15.1 Å². The summed E-state index contributed by atoms with van der Waals surface area (Å²) in [6.45, 7) is 5.65. The van der Waals surface area contributed by atoms with E-state index in [2.05, 4.69) is 5.32 Å². The van der Waals surface area contributed by atoms with E-state index in [-0.39, 0.29) is 6.61 Å². The van der Waals surface area contributed by atoms with Crippen LogP contribution < -0.4 is 5.32 Å². The van der Waals surface area contributed by atoms with Crippen molar-refractivity contribution >= 4 is 11.8 Å². The molecule has 1 fully saturated rings. The summed E-state index contributed by atoms with van der Waals surface area (Å²) in [5, 5.41) is 12.0. The summed E-state index contributed by atoms with van der Waals surface area (Å²) in [5.74, 6) is -0.869. The highest BCUT2D eigenvalue weighted by Crippen LogP contribution is 2.01. The summed E-state index contributed by atoms with van der Waals surface area (Å²) in [6.07, 6.45) is 1.39. The van der Waals surface area contributed by atoms with Crippen molar-refractivity contribution in [2.45, 2.75) is 19.8 Å². The van der Waals surface area contributed by atoms with Crippen molar-refractivity contribution in [3.63, 3.8) is 0 Å². The maximum Gasteiger partial charge on any atom is 0.312 e. The molecule has 0 atom stereocenters. The van der Waals surface area contributed by atoms with Gasteiger partial charge < -0.3 is 20.2 Å². The Labute approximate surface area is 108 Å². The molecule has 1 saturated heterocycles. The van der Waals surface area contributed by atoms with E-state index in [1.807, 2.05) is 6.92 Å². The number of rotatable bonds is 4. The molecule has 6 heteroatoms. The second kappa shape index (κ2) is 8.05. The van der Waals surface area contributed by atoms with Crippen LogP contribution in [0.1, 0.15) is 19.8 Å². The van der Waals surface area contributed by atoms with Gasteiger partial charge in [-0.05, 0) is 26.3 Å². The first kappa shape index (κ1) is 14.9. The highest BCUT2D eigenvalue weighted by molar-refractivity contribution is 6.34. The molecule has 0 unspecified atom stereocenters. The van der Waals surface area contributed by atoms with Crippen molar-refractivity contribution in [2.75, 3.05) is 45.9 Å². The first-order chi connectivity index (χ1) is 8.70. The summed E-state index contributed by atoms with van der Waals surface area (Å²) < 4.78 is 0. The van der Waals surface area contributed by atoms with E-state index in [0.717, 1.165) is 19.5 Å². The molecule has 18 heavy (non-hydrogen) atoms. The van der Waals surface area contributed by atoms with E-state index in [4.69, 9.17) is 5.11 Å². The zero-order valence-corrected chi connectivity index (χ0v) is 11.0. The van der Waals surface area contributed by atoms with Gasteiger partial charge >= 0.3 is 11.8 Å². The number of carbonyl (C=O) groups is 2. The number of amides is 2. The van der Waals surface area contributed by atoms with Crippen LogP contribution in [0.25, 0.3) is 0 Å². The van der Waals surface area contributed by atoms with Gasteiger partial charge in [-0.3, -0.25) is 9.59 Å². The van der Waals surface area contributed by atoms with E-state index in [9.17, 15) is 9.59 Å². The highest BCUT2D eigenvalue weighted by atomic mass is 16.3. The lowest BCUT2D eigenvalue weighted by Crippen LogP contribution is -2.46. The molecule has 0 spiro atoms. The van der Waals surface area contributed by atoms with E-state index in [1.165, 1.54) is 4.90 Å². The average Bonchev–Trinajstić information content (AvgIpc) is 2.67. The van der Waals surface area contributed by atoms with Crippen LogP contribution in [0, 0.1) is 0 Å². The van der Waals surface area contributed by atoms with E-state index < -0.39 is 11.8 Å². The van der Waals surface area contributed by atoms with Crippen molar-refractivity contribution in [3.8, 4) is 0 Å². The summed E-state index contributed by atoms with van der Waals surface area (Å²) in [5.41, 5.74) is 0. The molecule has 2 N–H and O–H groups in total. The van der Waals surface area contributed by atoms with Crippen LogP contribution in [0.2, 0.25) is 0 Å². The molecule has 0 aromatic carbocycles. The van der Waals surface area contributed by atoms with Crippen molar-refractivity contribution in [3.05, 3.63) is 0 Å². The minimum atomic E-state index is -0.451. The zero-order chi connectivity index (χ0) is 13.4. The van der Waals surface area contributed by atoms with Crippen LogP contribution in [0.4, 0.5) is 0 Å². The number of aliphatic hydroxyl groups excluding tert-OH is 1. The fraction of sp³-hybridized carbons (Fsp3) is 0.833. The van der Waals surface area contributed by atoms with Crippen LogP contribution in [0.15, 0.2) is 0 Å². The first-order valence-electron chi connectivity index (χ1n) is 6.60. The normalized spacial score (nSPS) is 16.2. The van der Waals surface area contributed by atoms with E-state index in [0.29, 0.717) is 32.6 Å². The molecule has 0 aromatic rings. The lowest BCUT2D eigenvalue weighted by Gasteiger charge is -2.25. The monoisotopic (exact) mass is 257 g/mol. The zero-order valence-electron chi connectivity index (χ0n) is 11.0. The topological polar surface area (TPSA) is 72.9 Å². The van der Waals surface area contributed by atoms with Crippen molar-refractivity contribution in [1.29, 1.82) is 0 Å². The molecule has 0 radical (unpaired) electrons. The van der Waals surface area contributed by atoms with Gasteiger partial charge in [-0.1, -0.05) is 0 Å². The maximum absolute atomic E-state index is 12.1. The minimum Gasteiger partial charge on any atom is -0.396 e. The molecule has 0 aromatic heterocycles. The molecule has 0 aliphatic carbocycles. The second-order valence-corrected chi connectivity index (χ2v) is 4.36. The second-order valence-electron chi connectivity index (χ2n) is 4.36. The molecular formula is C12H23N3O3. The fourth-order valence-electron chi connectivity index (χ4n) is 1.98. The SMILES string of the molecule is CCN(CCCO)C(=O)C(=O)N1CCCNCC1. The third-order valence-corrected chi connectivity index (χ3v) is 3.07. The third-order valence-electron chi connectivity index (χ3n) is 3.07. The Kier molecular flexibility index (Phi) is 6.67. The van der Waals surface area contributed by atoms with E-state index >= 15 is 0 Å². The van der Waals surface area contributed by atoms with Crippen molar-refractivity contribution in [2.24, 2.45) is 0 Å². The van der Waals surface area contributed by atoms with Crippen molar-refractivity contribution < 1.29 is 14.7 Å². The number of carbonyl (C=O) groups excluding carboxylic acids is 2. The maximum atomic E-state index is 12.1. The minimum absolute atomic E-state index is 0.0333. The quantitative estimate of drug-likeness (QED) is 0.636. The molecule has 104 valence electrons. The lowest BCUT2D eigenvalue weighted by molar-refractivity contribution is -0.151. The molecule has 6 nitrogen and oxygen atoms in total. The Hall–Kier alpha value is -1.14. The van der Waals surface area contributed by atoms with Crippen LogP contribution in [-0.4, -0.2) is 72.6 Å². The van der Waals surface area contributed by atoms with Gasteiger partial charge in [0.25, 0.3) is 0 Å². The Morgan fingerprint density at radius 3 is 2.78 bits per heavy atom. The first-order valence-corrected chi connectivity index (χ1v) is 6.60. The predicted octanol–water partition coefficient (Wildman–Crippen LogP) is -0.961. The standard InChI is InChI=1S/C12H23N3O3/c1-2-14(8-4-10-16)11(17)12(18)15-7-3-5-13-6-9-15/h13,16H,2-10H2,1H3. The van der Waals surface area contributed by atoms with Gasteiger partial charge in [0.1, 0.15) is 0 Å². The van der Waals surface area contributed by atoms with Gasteiger partial charge in [0.15, 0.2) is 0 Å². The number of hydrogen-bond donors (Lipinski definition) is 2.